The van der Waals surface area contributed by atoms with Crippen molar-refractivity contribution in [3.05, 3.63) is 54.4 Å². The van der Waals surface area contributed by atoms with E-state index in [9.17, 15) is 14.3 Å². The van der Waals surface area contributed by atoms with Crippen LogP contribution in [0.3, 0.4) is 0 Å². The second kappa shape index (κ2) is 4.16. The van der Waals surface area contributed by atoms with E-state index in [2.05, 4.69) is 9.97 Å². The fraction of sp³-hybridized carbons (Fsp3) is 0. The lowest BCUT2D eigenvalue weighted by Crippen LogP contribution is -2.03. The second-order valence-corrected chi connectivity index (χ2v) is 3.90. The van der Waals surface area contributed by atoms with Crippen LogP contribution in [0.25, 0.3) is 16.9 Å². The van der Waals surface area contributed by atoms with Gasteiger partial charge in [0.25, 0.3) is 0 Å². The van der Waals surface area contributed by atoms with E-state index in [0.29, 0.717) is 5.56 Å². The van der Waals surface area contributed by atoms with Gasteiger partial charge >= 0.3 is 5.97 Å². The third-order valence-electron chi connectivity index (χ3n) is 2.76. The van der Waals surface area contributed by atoms with Gasteiger partial charge in [-0.05, 0) is 24.3 Å². The number of fused-ring (bicyclic) bond motifs is 1. The van der Waals surface area contributed by atoms with Gasteiger partial charge in [0, 0.05) is 24.2 Å². The molecule has 0 fully saturated rings. The Morgan fingerprint density at radius 3 is 2.68 bits per heavy atom. The average molecular weight is 257 g/mol. The molecule has 5 nitrogen and oxygen atoms in total. The van der Waals surface area contributed by atoms with Crippen molar-refractivity contribution in [2.24, 2.45) is 0 Å². The summed E-state index contributed by atoms with van der Waals surface area (Å²) in [6, 6.07) is 5.94. The van der Waals surface area contributed by atoms with Crippen molar-refractivity contribution in [3.63, 3.8) is 0 Å². The van der Waals surface area contributed by atoms with E-state index in [4.69, 9.17) is 0 Å². The van der Waals surface area contributed by atoms with Crippen molar-refractivity contribution < 1.29 is 14.3 Å². The molecule has 0 amide bonds. The number of hydrogen-bond acceptors (Lipinski definition) is 3. The fourth-order valence-corrected chi connectivity index (χ4v) is 1.95. The first kappa shape index (κ1) is 11.3. The number of imidazole rings is 1. The molecule has 3 rings (SSSR count). The van der Waals surface area contributed by atoms with Crippen molar-refractivity contribution in [2.75, 3.05) is 0 Å². The zero-order valence-corrected chi connectivity index (χ0v) is 9.62. The Morgan fingerprint density at radius 2 is 2.00 bits per heavy atom. The third-order valence-corrected chi connectivity index (χ3v) is 2.76. The average Bonchev–Trinajstić information content (AvgIpc) is 2.81. The predicted octanol–water partition coefficient (Wildman–Crippen LogP) is 2.23. The third kappa shape index (κ3) is 1.74. The Bertz CT molecular complexity index is 768. The molecule has 94 valence electrons. The minimum atomic E-state index is -1.16. The predicted molar refractivity (Wildman–Crippen MR) is 65.3 cm³/mol. The Hall–Kier alpha value is -2.76. The molecule has 0 aliphatic rings. The molecule has 0 unspecified atom stereocenters. The zero-order chi connectivity index (χ0) is 13.4. The van der Waals surface area contributed by atoms with Crippen LogP contribution in [0.15, 0.2) is 42.9 Å². The quantitative estimate of drug-likeness (QED) is 0.764. The molecule has 0 aliphatic heterocycles. The van der Waals surface area contributed by atoms with Crippen molar-refractivity contribution in [1.82, 2.24) is 14.4 Å². The van der Waals surface area contributed by atoms with Crippen LogP contribution in [0.4, 0.5) is 4.39 Å². The lowest BCUT2D eigenvalue weighted by Gasteiger charge is -1.99. The van der Waals surface area contributed by atoms with Crippen LogP contribution < -0.4 is 0 Å². The highest BCUT2D eigenvalue weighted by molar-refractivity contribution is 5.94. The van der Waals surface area contributed by atoms with Gasteiger partial charge in [-0.3, -0.25) is 9.38 Å². The van der Waals surface area contributed by atoms with Crippen LogP contribution in [0.5, 0.6) is 0 Å². The van der Waals surface area contributed by atoms with Crippen molar-refractivity contribution in [1.29, 1.82) is 0 Å². The molecular weight excluding hydrogens is 249 g/mol. The van der Waals surface area contributed by atoms with Gasteiger partial charge in [-0.25, -0.2) is 14.2 Å². The maximum Gasteiger partial charge on any atom is 0.355 e. The van der Waals surface area contributed by atoms with Crippen molar-refractivity contribution in [3.8, 4) is 11.3 Å². The van der Waals surface area contributed by atoms with Gasteiger partial charge in [-0.15, -0.1) is 0 Å². The first-order valence-corrected chi connectivity index (χ1v) is 5.49. The highest BCUT2D eigenvalue weighted by atomic mass is 19.1. The topological polar surface area (TPSA) is 67.5 Å². The first-order valence-electron chi connectivity index (χ1n) is 5.49. The van der Waals surface area contributed by atoms with Gasteiger partial charge in [0.15, 0.2) is 17.2 Å². The standard InChI is InChI=1S/C13H8FN3O2/c14-9-2-1-7-17-11(13(18)19)10(16-12(9)17)8-3-5-15-6-4-8/h1-7H,(H,18,19). The summed E-state index contributed by atoms with van der Waals surface area (Å²) in [5, 5.41) is 9.31. The van der Waals surface area contributed by atoms with Crippen LogP contribution in [0, 0.1) is 5.82 Å². The molecule has 0 saturated carbocycles. The molecule has 19 heavy (non-hydrogen) atoms. The lowest BCUT2D eigenvalue weighted by atomic mass is 10.1. The Labute approximate surface area is 107 Å². The number of nitrogens with zero attached hydrogens (tertiary/aromatic N) is 3. The van der Waals surface area contributed by atoms with E-state index in [-0.39, 0.29) is 17.0 Å². The Morgan fingerprint density at radius 1 is 1.26 bits per heavy atom. The molecule has 0 aliphatic carbocycles. The van der Waals surface area contributed by atoms with E-state index >= 15 is 0 Å². The Balaban J connectivity index is 2.39. The summed E-state index contributed by atoms with van der Waals surface area (Å²) >= 11 is 0. The van der Waals surface area contributed by atoms with Gasteiger partial charge in [0.05, 0.1) is 0 Å². The smallest absolute Gasteiger partial charge is 0.355 e. The van der Waals surface area contributed by atoms with Crippen LogP contribution in [-0.4, -0.2) is 25.4 Å². The molecule has 6 heteroatoms. The number of aromatic carboxylic acids is 1. The summed E-state index contributed by atoms with van der Waals surface area (Å²) in [5.74, 6) is -1.73. The number of carbonyl (C=O) groups is 1. The number of halogens is 1. The maximum atomic E-state index is 13.7. The molecule has 0 radical (unpaired) electrons. The first-order chi connectivity index (χ1) is 9.18. The summed E-state index contributed by atoms with van der Waals surface area (Å²) < 4.78 is 14.9. The minimum Gasteiger partial charge on any atom is -0.476 e. The summed E-state index contributed by atoms with van der Waals surface area (Å²) in [6.07, 6.45) is 4.53. The molecule has 0 saturated heterocycles. The zero-order valence-electron chi connectivity index (χ0n) is 9.62. The molecule has 0 atom stereocenters. The highest BCUT2D eigenvalue weighted by Gasteiger charge is 2.21. The molecule has 1 N–H and O–H groups in total. The number of carboxylic acid groups (broad SMARTS) is 1. The number of pyridine rings is 2. The summed E-state index contributed by atoms with van der Waals surface area (Å²) in [6.45, 7) is 0. The molecule has 3 aromatic rings. The number of hydrogen-bond donors (Lipinski definition) is 1. The van der Waals surface area contributed by atoms with Gasteiger partial charge in [-0.2, -0.15) is 0 Å². The normalized spacial score (nSPS) is 10.8. The van der Waals surface area contributed by atoms with E-state index in [1.807, 2.05) is 0 Å². The molecule has 0 spiro atoms. The molecule has 0 bridgehead atoms. The van der Waals surface area contributed by atoms with E-state index in [1.54, 1.807) is 12.1 Å². The second-order valence-electron chi connectivity index (χ2n) is 3.90. The van der Waals surface area contributed by atoms with E-state index < -0.39 is 11.8 Å². The van der Waals surface area contributed by atoms with Crippen LogP contribution in [0.2, 0.25) is 0 Å². The highest BCUT2D eigenvalue weighted by Crippen LogP contribution is 2.24. The fourth-order valence-electron chi connectivity index (χ4n) is 1.95. The van der Waals surface area contributed by atoms with Gasteiger partial charge in [0.1, 0.15) is 5.69 Å². The van der Waals surface area contributed by atoms with Gasteiger partial charge in [0.2, 0.25) is 0 Å². The summed E-state index contributed by atoms with van der Waals surface area (Å²) in [5.41, 5.74) is 0.725. The SMILES string of the molecule is O=C(O)c1c(-c2ccncc2)nc2c(F)cccn12. The number of rotatable bonds is 2. The number of carboxylic acids is 1. The van der Waals surface area contributed by atoms with E-state index in [0.717, 1.165) is 0 Å². The number of aromatic nitrogens is 3. The Kier molecular flexibility index (Phi) is 2.49. The van der Waals surface area contributed by atoms with E-state index in [1.165, 1.54) is 35.1 Å². The molecule has 0 aromatic carbocycles. The molecular formula is C13H8FN3O2. The van der Waals surface area contributed by atoms with Crippen LogP contribution in [-0.2, 0) is 0 Å². The molecule has 3 heterocycles. The van der Waals surface area contributed by atoms with Crippen LogP contribution >= 0.6 is 0 Å². The monoisotopic (exact) mass is 257 g/mol. The largest absolute Gasteiger partial charge is 0.476 e. The summed E-state index contributed by atoms with van der Waals surface area (Å²) in [4.78, 5) is 19.3. The maximum absolute atomic E-state index is 13.7. The molecule has 3 aromatic heterocycles. The van der Waals surface area contributed by atoms with Crippen LogP contribution in [0.1, 0.15) is 10.5 Å². The van der Waals surface area contributed by atoms with Crippen molar-refractivity contribution in [2.45, 2.75) is 0 Å². The lowest BCUT2D eigenvalue weighted by molar-refractivity contribution is 0.0690. The van der Waals surface area contributed by atoms with Gasteiger partial charge < -0.3 is 5.11 Å². The minimum absolute atomic E-state index is 0.00767. The van der Waals surface area contributed by atoms with Gasteiger partial charge in [-0.1, -0.05) is 0 Å². The summed E-state index contributed by atoms with van der Waals surface area (Å²) in [7, 11) is 0. The van der Waals surface area contributed by atoms with Crippen molar-refractivity contribution >= 4 is 11.6 Å².